The van der Waals surface area contributed by atoms with Crippen molar-refractivity contribution >= 4 is 23.5 Å². The second-order valence-corrected chi connectivity index (χ2v) is 6.96. The van der Waals surface area contributed by atoms with Gasteiger partial charge >= 0.3 is 0 Å². The van der Waals surface area contributed by atoms with Gasteiger partial charge in [-0.2, -0.15) is 16.9 Å². The average molecular weight is 353 g/mol. The number of nitrogens with one attached hydrogen (secondary N) is 1. The van der Waals surface area contributed by atoms with Crippen molar-refractivity contribution in [1.82, 2.24) is 9.78 Å². The minimum absolute atomic E-state index is 0.288. The van der Waals surface area contributed by atoms with Crippen molar-refractivity contribution in [3.8, 4) is 5.69 Å². The Hall–Kier alpha value is -2.60. The number of thioether (sulfide) groups is 1. The van der Waals surface area contributed by atoms with Crippen molar-refractivity contribution in [3.05, 3.63) is 76.7 Å². The van der Waals surface area contributed by atoms with Crippen LogP contribution in [0.1, 0.15) is 27.2 Å². The van der Waals surface area contributed by atoms with Gasteiger partial charge in [-0.05, 0) is 37.3 Å². The first-order valence-electron chi connectivity index (χ1n) is 7.94. The summed E-state index contributed by atoms with van der Waals surface area (Å²) in [6.45, 7) is 2.02. The van der Waals surface area contributed by atoms with Crippen LogP contribution in [0, 0.1) is 12.7 Å². The van der Waals surface area contributed by atoms with Gasteiger partial charge in [0.1, 0.15) is 11.6 Å². The number of aryl methyl sites for hydroxylation is 1. The van der Waals surface area contributed by atoms with Gasteiger partial charge in [0, 0.05) is 22.6 Å². The van der Waals surface area contributed by atoms with E-state index in [9.17, 15) is 9.18 Å². The molecule has 0 fully saturated rings. The molecule has 4 nitrogen and oxygen atoms in total. The summed E-state index contributed by atoms with van der Waals surface area (Å²) in [5, 5.41) is 7.59. The Labute approximate surface area is 149 Å². The van der Waals surface area contributed by atoms with Crippen LogP contribution in [0.4, 0.5) is 10.2 Å². The van der Waals surface area contributed by atoms with Crippen LogP contribution in [0.15, 0.2) is 48.5 Å². The monoisotopic (exact) mass is 353 g/mol. The van der Waals surface area contributed by atoms with Gasteiger partial charge < -0.3 is 5.32 Å². The molecule has 1 aliphatic heterocycles. The molecule has 1 amide bonds. The standard InChI is InChI=1S/C19H16FN3OS/c1-12-5-7-15(8-6-12)23-18(16-10-25-11-17(16)22-23)21-19(24)13-3-2-4-14(20)9-13/h2-9H,10-11H2,1H3,(H,21,24). The molecule has 0 saturated carbocycles. The number of carbonyl (C=O) groups is 1. The zero-order valence-electron chi connectivity index (χ0n) is 13.6. The maximum atomic E-state index is 13.4. The van der Waals surface area contributed by atoms with Crippen LogP contribution in [0.5, 0.6) is 0 Å². The number of hydrogen-bond acceptors (Lipinski definition) is 3. The highest BCUT2D eigenvalue weighted by atomic mass is 32.2. The molecule has 1 N–H and O–H groups in total. The lowest BCUT2D eigenvalue weighted by Gasteiger charge is -2.11. The van der Waals surface area contributed by atoms with Crippen molar-refractivity contribution in [2.75, 3.05) is 5.32 Å². The van der Waals surface area contributed by atoms with Crippen LogP contribution < -0.4 is 5.32 Å². The lowest BCUT2D eigenvalue weighted by Crippen LogP contribution is -2.16. The van der Waals surface area contributed by atoms with Crippen molar-refractivity contribution < 1.29 is 9.18 Å². The van der Waals surface area contributed by atoms with Crippen molar-refractivity contribution in [3.63, 3.8) is 0 Å². The lowest BCUT2D eigenvalue weighted by molar-refractivity contribution is 0.102. The summed E-state index contributed by atoms with van der Waals surface area (Å²) in [7, 11) is 0. The van der Waals surface area contributed by atoms with E-state index in [1.54, 1.807) is 22.5 Å². The SMILES string of the molecule is Cc1ccc(-n2nc3c(c2NC(=O)c2cccc(F)c2)CSC3)cc1. The maximum absolute atomic E-state index is 13.4. The molecule has 4 rings (SSSR count). The van der Waals surface area contributed by atoms with E-state index in [-0.39, 0.29) is 11.5 Å². The van der Waals surface area contributed by atoms with Crippen molar-refractivity contribution in [2.24, 2.45) is 0 Å². The predicted molar refractivity (Wildman–Crippen MR) is 97.7 cm³/mol. The van der Waals surface area contributed by atoms with Gasteiger partial charge in [-0.15, -0.1) is 0 Å². The molecule has 2 heterocycles. The molecule has 25 heavy (non-hydrogen) atoms. The number of anilines is 1. The minimum atomic E-state index is -0.430. The van der Waals surface area contributed by atoms with E-state index in [1.165, 1.54) is 18.2 Å². The second-order valence-electron chi connectivity index (χ2n) is 5.98. The fraction of sp³-hybridized carbons (Fsp3) is 0.158. The smallest absolute Gasteiger partial charge is 0.256 e. The third-order valence-electron chi connectivity index (χ3n) is 4.15. The van der Waals surface area contributed by atoms with Crippen molar-refractivity contribution in [1.29, 1.82) is 0 Å². The first-order valence-corrected chi connectivity index (χ1v) is 9.10. The van der Waals surface area contributed by atoms with Crippen LogP contribution >= 0.6 is 11.8 Å². The number of carbonyl (C=O) groups excluding carboxylic acids is 1. The van der Waals surface area contributed by atoms with Gasteiger partial charge in [0.15, 0.2) is 0 Å². The number of aromatic nitrogens is 2. The number of halogens is 1. The Morgan fingerprint density at radius 1 is 1.20 bits per heavy atom. The minimum Gasteiger partial charge on any atom is -0.306 e. The molecule has 6 heteroatoms. The van der Waals surface area contributed by atoms with Gasteiger partial charge in [0.05, 0.1) is 11.4 Å². The number of fused-ring (bicyclic) bond motifs is 1. The molecule has 126 valence electrons. The molecule has 0 radical (unpaired) electrons. The average Bonchev–Trinajstić information content (AvgIpc) is 3.18. The number of hydrogen-bond donors (Lipinski definition) is 1. The zero-order valence-corrected chi connectivity index (χ0v) is 14.4. The van der Waals surface area contributed by atoms with E-state index in [1.807, 2.05) is 31.2 Å². The van der Waals surface area contributed by atoms with E-state index in [0.717, 1.165) is 34.0 Å². The summed E-state index contributed by atoms with van der Waals surface area (Å²) < 4.78 is 15.2. The topological polar surface area (TPSA) is 46.9 Å². The highest BCUT2D eigenvalue weighted by Gasteiger charge is 2.25. The fourth-order valence-corrected chi connectivity index (χ4v) is 3.86. The quantitative estimate of drug-likeness (QED) is 0.763. The van der Waals surface area contributed by atoms with Gasteiger partial charge in [-0.3, -0.25) is 4.79 Å². The molecular formula is C19H16FN3OS. The summed E-state index contributed by atoms with van der Waals surface area (Å²) in [5.41, 5.74) is 4.36. The number of amides is 1. The van der Waals surface area contributed by atoms with E-state index in [4.69, 9.17) is 0 Å². The van der Waals surface area contributed by atoms with Gasteiger partial charge in [0.2, 0.25) is 0 Å². The van der Waals surface area contributed by atoms with Crippen LogP contribution in [-0.2, 0) is 11.5 Å². The highest BCUT2D eigenvalue weighted by molar-refractivity contribution is 7.98. The first kappa shape index (κ1) is 15.9. The Kier molecular flexibility index (Phi) is 4.05. The first-order chi connectivity index (χ1) is 12.1. The third-order valence-corrected chi connectivity index (χ3v) is 5.12. The van der Waals surface area contributed by atoms with Crippen LogP contribution in [0.2, 0.25) is 0 Å². The van der Waals surface area contributed by atoms with Gasteiger partial charge in [-0.25, -0.2) is 9.07 Å². The lowest BCUT2D eigenvalue weighted by atomic mass is 10.2. The number of rotatable bonds is 3. The number of nitrogens with zero attached hydrogens (tertiary/aromatic N) is 2. The zero-order chi connectivity index (χ0) is 17.4. The van der Waals surface area contributed by atoms with E-state index < -0.39 is 5.82 Å². The highest BCUT2D eigenvalue weighted by Crippen LogP contribution is 2.36. The molecule has 0 atom stereocenters. The third kappa shape index (κ3) is 3.05. The van der Waals surface area contributed by atoms with Crippen LogP contribution in [0.25, 0.3) is 5.69 Å². The van der Waals surface area contributed by atoms with E-state index >= 15 is 0 Å². The molecule has 2 aromatic carbocycles. The summed E-state index contributed by atoms with van der Waals surface area (Å²) >= 11 is 1.77. The molecule has 1 aromatic heterocycles. The van der Waals surface area contributed by atoms with Crippen LogP contribution in [-0.4, -0.2) is 15.7 Å². The Morgan fingerprint density at radius 3 is 2.76 bits per heavy atom. The largest absolute Gasteiger partial charge is 0.306 e. The Balaban J connectivity index is 1.73. The van der Waals surface area contributed by atoms with Crippen molar-refractivity contribution in [2.45, 2.75) is 18.4 Å². The molecule has 0 saturated heterocycles. The fourth-order valence-electron chi connectivity index (χ4n) is 2.82. The van der Waals surface area contributed by atoms with Crippen LogP contribution in [0.3, 0.4) is 0 Å². The molecular weight excluding hydrogens is 337 g/mol. The molecule has 3 aromatic rings. The molecule has 0 bridgehead atoms. The number of benzene rings is 2. The molecule has 1 aliphatic rings. The normalized spacial score (nSPS) is 12.9. The predicted octanol–water partition coefficient (Wildman–Crippen LogP) is 4.32. The maximum Gasteiger partial charge on any atom is 0.256 e. The van der Waals surface area contributed by atoms with Gasteiger partial charge in [0.25, 0.3) is 5.91 Å². The molecule has 0 unspecified atom stereocenters. The van der Waals surface area contributed by atoms with Gasteiger partial charge in [-0.1, -0.05) is 23.8 Å². The van der Waals surface area contributed by atoms with E-state index in [2.05, 4.69) is 10.4 Å². The summed E-state index contributed by atoms with van der Waals surface area (Å²) in [4.78, 5) is 12.6. The summed E-state index contributed by atoms with van der Waals surface area (Å²) in [6, 6.07) is 13.6. The second kappa shape index (κ2) is 6.37. The Bertz CT molecular complexity index is 950. The Morgan fingerprint density at radius 2 is 2.00 bits per heavy atom. The summed E-state index contributed by atoms with van der Waals surface area (Å²) in [6.07, 6.45) is 0. The molecule has 0 spiro atoms. The summed E-state index contributed by atoms with van der Waals surface area (Å²) in [5.74, 6) is 1.53. The molecule has 0 aliphatic carbocycles. The van der Waals surface area contributed by atoms with E-state index in [0.29, 0.717) is 5.82 Å².